The van der Waals surface area contributed by atoms with E-state index in [1.807, 2.05) is 0 Å². The Morgan fingerprint density at radius 1 is 1.30 bits per heavy atom. The maximum Gasteiger partial charge on any atom is 0.466 e. The van der Waals surface area contributed by atoms with Crippen molar-refractivity contribution in [3.8, 4) is 0 Å². The van der Waals surface area contributed by atoms with Crippen molar-refractivity contribution >= 4 is 27.2 Å². The first-order chi connectivity index (χ1) is 10.6. The highest BCUT2D eigenvalue weighted by Gasteiger charge is 2.44. The Kier molecular flexibility index (Phi) is 7.67. The summed E-state index contributed by atoms with van der Waals surface area (Å²) in [5.74, 6) is -0.297. The van der Waals surface area contributed by atoms with Gasteiger partial charge in [-0.15, -0.1) is 0 Å². The van der Waals surface area contributed by atoms with Gasteiger partial charge in [0.05, 0.1) is 6.61 Å². The molecule has 1 saturated heterocycles. The van der Waals surface area contributed by atoms with Gasteiger partial charge in [0.25, 0.3) is 0 Å². The summed E-state index contributed by atoms with van der Waals surface area (Å²) < 4.78 is 39.1. The first kappa shape index (κ1) is 20.6. The quantitative estimate of drug-likeness (QED) is 0.163. The lowest BCUT2D eigenvalue weighted by Crippen LogP contribution is -2.57. The van der Waals surface area contributed by atoms with Crippen LogP contribution in [-0.4, -0.2) is 74.9 Å². The Morgan fingerprint density at radius 3 is 2.39 bits per heavy atom. The Hall–Kier alpha value is -0.470. The molecule has 12 heteroatoms. The Morgan fingerprint density at radius 2 is 1.91 bits per heavy atom. The molecule has 6 atom stereocenters. The molecule has 0 bridgehead atoms. The van der Waals surface area contributed by atoms with Crippen molar-refractivity contribution in [2.45, 2.75) is 50.1 Å². The lowest BCUT2D eigenvalue weighted by Gasteiger charge is -2.39. The van der Waals surface area contributed by atoms with Crippen LogP contribution in [0, 0.1) is 5.92 Å². The molecule has 0 aliphatic carbocycles. The summed E-state index contributed by atoms with van der Waals surface area (Å²) in [5, 5.41) is 41.9. The van der Waals surface area contributed by atoms with E-state index in [4.69, 9.17) is 14.4 Å². The van der Waals surface area contributed by atoms with Crippen LogP contribution < -0.4 is 0 Å². The van der Waals surface area contributed by atoms with E-state index in [1.54, 1.807) is 13.8 Å². The van der Waals surface area contributed by atoms with E-state index in [2.05, 4.69) is 9.44 Å². The van der Waals surface area contributed by atoms with E-state index >= 15 is 0 Å². The van der Waals surface area contributed by atoms with Gasteiger partial charge >= 0.3 is 10.4 Å². The van der Waals surface area contributed by atoms with Crippen LogP contribution in [0.2, 0.25) is 0 Å². The molecule has 0 radical (unpaired) electrons. The van der Waals surface area contributed by atoms with Crippen molar-refractivity contribution in [1.82, 2.24) is 0 Å². The van der Waals surface area contributed by atoms with E-state index in [1.165, 1.54) is 0 Å². The highest BCUT2D eigenvalue weighted by molar-refractivity contribution is 8.14. The van der Waals surface area contributed by atoms with Crippen molar-refractivity contribution in [2.24, 2.45) is 11.1 Å². The van der Waals surface area contributed by atoms with Crippen LogP contribution in [0.5, 0.6) is 0 Å². The molecule has 0 aromatic heterocycles. The average Bonchev–Trinajstić information content (AvgIpc) is 2.49. The summed E-state index contributed by atoms with van der Waals surface area (Å²) in [4.78, 5) is 0. The van der Waals surface area contributed by atoms with Crippen LogP contribution in [-0.2, 0) is 19.4 Å². The van der Waals surface area contributed by atoms with Gasteiger partial charge in [0.15, 0.2) is 0 Å². The fourth-order valence-corrected chi connectivity index (χ4v) is 3.21. The molecular weight excluding hydrogens is 354 g/mol. The first-order valence-corrected chi connectivity index (χ1v) is 9.06. The number of nitrogens with zero attached hydrogens (tertiary/aromatic N) is 1. The molecule has 5 N–H and O–H groups in total. The zero-order chi connectivity index (χ0) is 17.8. The molecule has 10 nitrogen and oxygen atoms in total. The van der Waals surface area contributed by atoms with E-state index in [-0.39, 0.29) is 11.0 Å². The minimum atomic E-state index is -4.78. The second kappa shape index (κ2) is 8.58. The van der Waals surface area contributed by atoms with Gasteiger partial charge < -0.3 is 25.2 Å². The number of hydrogen-bond acceptors (Lipinski definition) is 10. The largest absolute Gasteiger partial charge is 0.466 e. The average molecular weight is 375 g/mol. The molecule has 0 saturated carbocycles. The van der Waals surface area contributed by atoms with Crippen molar-refractivity contribution in [1.29, 1.82) is 0 Å². The molecule has 1 heterocycles. The second-order valence-corrected chi connectivity index (χ2v) is 7.18. The summed E-state index contributed by atoms with van der Waals surface area (Å²) in [7, 11) is -4.78. The molecule has 0 aromatic rings. The molecule has 1 fully saturated rings. The Bertz CT molecular complexity index is 510. The van der Waals surface area contributed by atoms with Gasteiger partial charge in [-0.1, -0.05) is 30.8 Å². The van der Waals surface area contributed by atoms with Crippen LogP contribution in [0.1, 0.15) is 20.3 Å². The summed E-state index contributed by atoms with van der Waals surface area (Å²) in [6.45, 7) is 2.91. The summed E-state index contributed by atoms with van der Waals surface area (Å²) >= 11 is 0.767. The number of aliphatic hydroxyl groups excluding tert-OH is 4. The number of thioether (sulfide) groups is 1. The topological polar surface area (TPSA) is 166 Å². The summed E-state index contributed by atoms with van der Waals surface area (Å²) in [5.41, 5.74) is -1.12. The minimum absolute atomic E-state index is 0.0921. The van der Waals surface area contributed by atoms with Crippen molar-refractivity contribution in [3.63, 3.8) is 0 Å². The molecule has 0 unspecified atom stereocenters. The van der Waals surface area contributed by atoms with Gasteiger partial charge in [-0.25, -0.2) is 4.28 Å². The van der Waals surface area contributed by atoms with Gasteiger partial charge in [-0.05, 0) is 6.42 Å². The lowest BCUT2D eigenvalue weighted by atomic mass is 10.0. The predicted molar refractivity (Wildman–Crippen MR) is 80.9 cm³/mol. The van der Waals surface area contributed by atoms with Crippen molar-refractivity contribution < 1.29 is 42.4 Å². The highest BCUT2D eigenvalue weighted by Crippen LogP contribution is 2.31. The molecule has 1 aliphatic heterocycles. The zero-order valence-electron chi connectivity index (χ0n) is 12.5. The molecule has 0 spiro atoms. The van der Waals surface area contributed by atoms with Gasteiger partial charge in [-0.2, -0.15) is 8.42 Å². The fraction of sp³-hybridized carbons (Fsp3) is 0.909. The molecule has 1 rings (SSSR count). The van der Waals surface area contributed by atoms with E-state index in [9.17, 15) is 23.7 Å². The monoisotopic (exact) mass is 375 g/mol. The van der Waals surface area contributed by atoms with Gasteiger partial charge in [0.2, 0.25) is 0 Å². The van der Waals surface area contributed by atoms with Crippen LogP contribution in [0.3, 0.4) is 0 Å². The Labute approximate surface area is 138 Å². The highest BCUT2D eigenvalue weighted by atomic mass is 32.3. The fourth-order valence-electron chi connectivity index (χ4n) is 1.77. The van der Waals surface area contributed by atoms with Crippen LogP contribution in [0.15, 0.2) is 5.16 Å². The molecule has 0 aromatic carbocycles. The van der Waals surface area contributed by atoms with Gasteiger partial charge in [0.1, 0.15) is 34.9 Å². The molecule has 1 aliphatic rings. The van der Waals surface area contributed by atoms with Crippen LogP contribution in [0.25, 0.3) is 0 Å². The number of oxime groups is 1. The number of ether oxygens (including phenoxy) is 1. The third-order valence-corrected chi connectivity index (χ3v) is 4.94. The first-order valence-electron chi connectivity index (χ1n) is 6.81. The minimum Gasteiger partial charge on any atom is -0.394 e. The second-order valence-electron chi connectivity index (χ2n) is 5.06. The number of aliphatic hydroxyl groups is 4. The predicted octanol–water partition coefficient (Wildman–Crippen LogP) is -1.30. The maximum atomic E-state index is 10.6. The molecule has 23 heavy (non-hydrogen) atoms. The lowest BCUT2D eigenvalue weighted by molar-refractivity contribution is -0.205. The summed E-state index contributed by atoms with van der Waals surface area (Å²) in [6.07, 6.45) is -5.11. The molecule has 136 valence electrons. The third-order valence-electron chi connectivity index (χ3n) is 3.34. The Balaban J connectivity index is 2.93. The number of rotatable bonds is 6. The smallest absolute Gasteiger partial charge is 0.394 e. The normalized spacial score (nSPS) is 34.2. The third kappa shape index (κ3) is 5.83. The standard InChI is InChI=1S/C11H21NO9S2/c1-3-5(2)10(12-21-23(17,18)19)22-11-9(16)8(15)7(14)6(4-13)20-11/h5-9,11,13-16H,3-4H2,1-2H3,(H,17,18,19)/t5-,6+,7+,8-,9+,11-/m0/s1. The van der Waals surface area contributed by atoms with Gasteiger partial charge in [0, 0.05) is 5.92 Å². The van der Waals surface area contributed by atoms with E-state index in [0.29, 0.717) is 6.42 Å². The summed E-state index contributed by atoms with van der Waals surface area (Å²) in [6, 6.07) is 0. The SMILES string of the molecule is CC[C@H](C)C(=NOS(=O)(=O)O)S[C@@H]1O[C@H](CO)[C@@H](O)[C@H](O)[C@H]1O. The van der Waals surface area contributed by atoms with Gasteiger partial charge in [-0.3, -0.25) is 4.55 Å². The van der Waals surface area contributed by atoms with E-state index in [0.717, 1.165) is 11.8 Å². The molecular formula is C11H21NO9S2. The zero-order valence-corrected chi connectivity index (χ0v) is 14.1. The van der Waals surface area contributed by atoms with Crippen molar-refractivity contribution in [3.05, 3.63) is 0 Å². The number of hydrogen-bond donors (Lipinski definition) is 5. The van der Waals surface area contributed by atoms with Crippen LogP contribution in [0.4, 0.5) is 0 Å². The molecule has 0 amide bonds. The van der Waals surface area contributed by atoms with E-state index < -0.39 is 46.9 Å². The van der Waals surface area contributed by atoms with Crippen LogP contribution >= 0.6 is 11.8 Å². The maximum absolute atomic E-state index is 10.6. The van der Waals surface area contributed by atoms with Crippen molar-refractivity contribution in [2.75, 3.05) is 6.61 Å².